The Hall–Kier alpha value is -2.50. The predicted octanol–water partition coefficient (Wildman–Crippen LogP) is 5.86. The smallest absolute Gasteiger partial charge is 0.256 e. The van der Waals surface area contributed by atoms with E-state index in [-0.39, 0.29) is 11.3 Å². The molecule has 148 valence electrons. The Morgan fingerprint density at radius 3 is 2.07 bits per heavy atom. The first kappa shape index (κ1) is 19.8. The van der Waals surface area contributed by atoms with Gasteiger partial charge in [-0.15, -0.1) is 0 Å². The Bertz CT molecular complexity index is 1110. The van der Waals surface area contributed by atoms with Crippen molar-refractivity contribution >= 4 is 27.9 Å². The van der Waals surface area contributed by atoms with E-state index >= 15 is 0 Å². The Labute approximate surface area is 177 Å². The molecule has 29 heavy (non-hydrogen) atoms. The van der Waals surface area contributed by atoms with Crippen molar-refractivity contribution in [3.63, 3.8) is 0 Å². The third-order valence-corrected chi connectivity index (χ3v) is 8.58. The Balaban J connectivity index is 1.81. The maximum atomic E-state index is 13.6. The van der Waals surface area contributed by atoms with Crippen molar-refractivity contribution in [3.05, 3.63) is 107 Å². The van der Waals surface area contributed by atoms with Gasteiger partial charge in [-0.1, -0.05) is 90.1 Å². The zero-order chi connectivity index (χ0) is 20.4. The zero-order valence-corrected chi connectivity index (χ0v) is 18.0. The number of hydrogen-bond donors (Lipinski definition) is 0. The molecule has 0 N–H and O–H groups in total. The van der Waals surface area contributed by atoms with E-state index in [1.54, 1.807) is 28.2 Å². The second kappa shape index (κ2) is 8.09. The minimum atomic E-state index is -3.67. The topological polar surface area (TPSA) is 37.4 Å². The van der Waals surface area contributed by atoms with Crippen LogP contribution in [0.15, 0.2) is 94.9 Å². The van der Waals surface area contributed by atoms with Crippen molar-refractivity contribution in [1.82, 2.24) is 4.31 Å². The van der Waals surface area contributed by atoms with Crippen molar-refractivity contribution in [2.45, 2.75) is 30.0 Å². The number of rotatable bonds is 4. The highest BCUT2D eigenvalue weighted by molar-refractivity contribution is 8.04. The van der Waals surface area contributed by atoms with Crippen LogP contribution in [-0.2, 0) is 10.0 Å². The van der Waals surface area contributed by atoms with E-state index in [1.807, 2.05) is 80.6 Å². The molecule has 3 aromatic rings. The summed E-state index contributed by atoms with van der Waals surface area (Å²) in [5, 5.41) is 0.782. The molecule has 1 saturated heterocycles. The van der Waals surface area contributed by atoms with Gasteiger partial charge in [0, 0.05) is 0 Å². The van der Waals surface area contributed by atoms with Gasteiger partial charge < -0.3 is 0 Å². The fraction of sp³-hybridized carbons (Fsp3) is 0.167. The molecule has 3 aromatic carbocycles. The van der Waals surface area contributed by atoms with Gasteiger partial charge in [0.2, 0.25) is 0 Å². The number of sulfonamides is 1. The molecular weight excluding hydrogens is 398 g/mol. The molecule has 5 heteroatoms. The van der Waals surface area contributed by atoms with Crippen molar-refractivity contribution < 1.29 is 8.42 Å². The third-order valence-electron chi connectivity index (χ3n) is 5.07. The van der Waals surface area contributed by atoms with Crippen LogP contribution in [0.3, 0.4) is 0 Å². The predicted molar refractivity (Wildman–Crippen MR) is 121 cm³/mol. The van der Waals surface area contributed by atoms with Gasteiger partial charge in [-0.3, -0.25) is 4.31 Å². The monoisotopic (exact) mass is 421 g/mol. The second-order valence-electron chi connectivity index (χ2n) is 7.20. The summed E-state index contributed by atoms with van der Waals surface area (Å²) < 4.78 is 28.8. The molecule has 0 aliphatic carbocycles. The van der Waals surface area contributed by atoms with Crippen molar-refractivity contribution in [2.24, 2.45) is 0 Å². The number of benzene rings is 3. The summed E-state index contributed by atoms with van der Waals surface area (Å²) in [6, 6.07) is 26.8. The minimum Gasteiger partial charge on any atom is -0.256 e. The summed E-state index contributed by atoms with van der Waals surface area (Å²) in [6.45, 7) is 3.94. The van der Waals surface area contributed by atoms with E-state index in [9.17, 15) is 8.42 Å². The van der Waals surface area contributed by atoms with Gasteiger partial charge in [0.05, 0.1) is 21.2 Å². The van der Waals surface area contributed by atoms with Gasteiger partial charge in [0.1, 0.15) is 0 Å². The molecule has 0 saturated carbocycles. The molecule has 0 spiro atoms. The average Bonchev–Trinajstić information content (AvgIpc) is 3.06. The molecular formula is C24H23NO2S2. The van der Waals surface area contributed by atoms with E-state index in [2.05, 4.69) is 12.1 Å². The molecule has 0 amide bonds. The molecule has 1 heterocycles. The number of nitrogens with zero attached hydrogens (tertiary/aromatic N) is 1. The first-order valence-corrected chi connectivity index (χ1v) is 11.9. The summed E-state index contributed by atoms with van der Waals surface area (Å²) in [4.78, 5) is 0.322. The number of aryl methyl sites for hydroxylation is 1. The standard InChI is InChI=1S/C24H23NO2S2/c1-18-13-15-22(16-14-18)29(26,27)25-19(2)24(21-11-7-4-8-12-21)28-23(25)17-20-9-5-3-6-10-20/h3-17,19,24H,1-2H3. The fourth-order valence-electron chi connectivity index (χ4n) is 3.54. The van der Waals surface area contributed by atoms with E-state index in [1.165, 1.54) is 0 Å². The van der Waals surface area contributed by atoms with Gasteiger partial charge in [-0.2, -0.15) is 0 Å². The quantitative estimate of drug-likeness (QED) is 0.529. The molecule has 1 aliphatic rings. The lowest BCUT2D eigenvalue weighted by Gasteiger charge is -2.26. The molecule has 3 nitrogen and oxygen atoms in total. The molecule has 4 rings (SSSR count). The summed E-state index contributed by atoms with van der Waals surface area (Å²) in [5.74, 6) is 0. The largest absolute Gasteiger partial charge is 0.265 e. The van der Waals surface area contributed by atoms with Crippen LogP contribution in [0.2, 0.25) is 0 Å². The van der Waals surface area contributed by atoms with Gasteiger partial charge in [0.15, 0.2) is 0 Å². The van der Waals surface area contributed by atoms with Gasteiger partial charge in [0.25, 0.3) is 10.0 Å². The Morgan fingerprint density at radius 1 is 0.862 bits per heavy atom. The molecule has 0 radical (unpaired) electrons. The van der Waals surface area contributed by atoms with Crippen LogP contribution in [0, 0.1) is 6.92 Å². The minimum absolute atomic E-state index is 0.0337. The average molecular weight is 422 g/mol. The summed E-state index contributed by atoms with van der Waals surface area (Å²) in [5.41, 5.74) is 3.15. The molecule has 1 aliphatic heterocycles. The maximum Gasteiger partial charge on any atom is 0.265 e. The zero-order valence-electron chi connectivity index (χ0n) is 16.4. The molecule has 0 bridgehead atoms. The lowest BCUT2D eigenvalue weighted by Crippen LogP contribution is -2.34. The van der Waals surface area contributed by atoms with Crippen LogP contribution in [0.5, 0.6) is 0 Å². The van der Waals surface area contributed by atoms with Crippen LogP contribution in [0.1, 0.15) is 28.9 Å². The van der Waals surface area contributed by atoms with Gasteiger partial charge >= 0.3 is 0 Å². The highest BCUT2D eigenvalue weighted by atomic mass is 32.2. The lowest BCUT2D eigenvalue weighted by atomic mass is 10.1. The maximum absolute atomic E-state index is 13.6. The second-order valence-corrected chi connectivity index (χ2v) is 10.2. The van der Waals surface area contributed by atoms with Crippen molar-refractivity contribution in [1.29, 1.82) is 0 Å². The van der Waals surface area contributed by atoms with Crippen molar-refractivity contribution in [3.8, 4) is 0 Å². The van der Waals surface area contributed by atoms with Gasteiger partial charge in [-0.25, -0.2) is 8.42 Å². The molecule has 1 fully saturated rings. The van der Waals surface area contributed by atoms with E-state index in [0.29, 0.717) is 4.90 Å². The van der Waals surface area contributed by atoms with E-state index in [4.69, 9.17) is 0 Å². The highest BCUT2D eigenvalue weighted by Crippen LogP contribution is 2.51. The number of thioether (sulfide) groups is 1. The lowest BCUT2D eigenvalue weighted by molar-refractivity contribution is 0.425. The molecule has 0 aromatic heterocycles. The Morgan fingerprint density at radius 2 is 1.45 bits per heavy atom. The van der Waals surface area contributed by atoms with Crippen LogP contribution >= 0.6 is 11.8 Å². The molecule has 2 atom stereocenters. The number of hydrogen-bond acceptors (Lipinski definition) is 3. The van der Waals surface area contributed by atoms with Crippen LogP contribution in [-0.4, -0.2) is 18.8 Å². The third kappa shape index (κ3) is 3.98. The van der Waals surface area contributed by atoms with E-state index in [0.717, 1.165) is 21.7 Å². The van der Waals surface area contributed by atoms with Gasteiger partial charge in [-0.05, 0) is 43.2 Å². The van der Waals surface area contributed by atoms with E-state index < -0.39 is 10.0 Å². The first-order chi connectivity index (χ1) is 14.0. The van der Waals surface area contributed by atoms with Crippen LogP contribution in [0.25, 0.3) is 6.08 Å². The normalized spacial score (nSPS) is 20.9. The fourth-order valence-corrected chi connectivity index (χ4v) is 6.95. The first-order valence-electron chi connectivity index (χ1n) is 9.56. The van der Waals surface area contributed by atoms with Crippen LogP contribution < -0.4 is 0 Å². The Kier molecular flexibility index (Phi) is 5.52. The van der Waals surface area contributed by atoms with Crippen molar-refractivity contribution in [2.75, 3.05) is 0 Å². The summed E-state index contributed by atoms with van der Waals surface area (Å²) in [6.07, 6.45) is 1.97. The van der Waals surface area contributed by atoms with Crippen LogP contribution in [0.4, 0.5) is 0 Å². The SMILES string of the molecule is Cc1ccc(S(=O)(=O)N2C(=Cc3ccccc3)SC(c3ccccc3)C2C)cc1. The summed E-state index contributed by atoms with van der Waals surface area (Å²) in [7, 11) is -3.67. The molecule has 2 unspecified atom stereocenters. The highest BCUT2D eigenvalue weighted by Gasteiger charge is 2.43. The summed E-state index contributed by atoms with van der Waals surface area (Å²) >= 11 is 1.61.